The van der Waals surface area contributed by atoms with Gasteiger partial charge in [-0.25, -0.2) is 19.2 Å². The fourth-order valence-corrected chi connectivity index (χ4v) is 3.01. The van der Waals surface area contributed by atoms with Crippen LogP contribution in [0.3, 0.4) is 0 Å². The zero-order valence-corrected chi connectivity index (χ0v) is 17.9. The number of aryl methyl sites for hydroxylation is 1. The Hall–Kier alpha value is -5.22. The highest BCUT2D eigenvalue weighted by Gasteiger charge is 2.16. The van der Waals surface area contributed by atoms with Crippen molar-refractivity contribution in [3.8, 4) is 23.0 Å². The second kappa shape index (κ2) is 10.9. The SMILES string of the molecule is Cc1ccc(Oc2ccc(N=C=O)cc2N=C=O)c(C)c1Oc1ccc(N=C=O)cc1N=C=O. The largest absolute Gasteiger partial charge is 0.455 e. The molecule has 0 radical (unpaired) electrons. The molecule has 0 aliphatic rings. The molecule has 0 spiro atoms. The number of isocyanates is 4. The van der Waals surface area contributed by atoms with Crippen molar-refractivity contribution in [1.82, 2.24) is 0 Å². The van der Waals surface area contributed by atoms with Crippen molar-refractivity contribution in [3.05, 3.63) is 59.7 Å². The highest BCUT2D eigenvalue weighted by Crippen LogP contribution is 2.42. The van der Waals surface area contributed by atoms with Crippen LogP contribution in [-0.4, -0.2) is 24.3 Å². The summed E-state index contributed by atoms with van der Waals surface area (Å²) in [5.74, 6) is 1.25. The Labute approximate surface area is 192 Å². The first-order valence-corrected chi connectivity index (χ1v) is 9.56. The van der Waals surface area contributed by atoms with Crippen molar-refractivity contribution in [2.75, 3.05) is 0 Å². The summed E-state index contributed by atoms with van der Waals surface area (Å²) in [4.78, 5) is 56.9. The second-order valence-corrected chi connectivity index (χ2v) is 6.66. The molecule has 0 saturated carbocycles. The summed E-state index contributed by atoms with van der Waals surface area (Å²) < 4.78 is 12.0. The fourth-order valence-electron chi connectivity index (χ4n) is 3.01. The number of hydrogen-bond donors (Lipinski definition) is 0. The van der Waals surface area contributed by atoms with Crippen molar-refractivity contribution in [2.45, 2.75) is 13.8 Å². The van der Waals surface area contributed by atoms with Gasteiger partial charge in [0.1, 0.15) is 22.9 Å². The standard InChI is InChI=1S/C24H14N4O6/c1-15-3-6-21(33-22-7-4-17(25-11-29)9-19(22)27-13-31)16(2)24(15)34-23-8-5-18(26-12-30)10-20(23)28-14-32/h3-10H,1-2H3. The molecule has 0 aliphatic heterocycles. The first-order valence-electron chi connectivity index (χ1n) is 9.56. The minimum absolute atomic E-state index is 0.114. The lowest BCUT2D eigenvalue weighted by Crippen LogP contribution is -1.95. The minimum Gasteiger partial charge on any atom is -0.455 e. The third-order valence-corrected chi connectivity index (χ3v) is 4.55. The van der Waals surface area contributed by atoms with Crippen molar-refractivity contribution >= 4 is 47.1 Å². The molecular weight excluding hydrogens is 440 g/mol. The van der Waals surface area contributed by atoms with Gasteiger partial charge in [-0.15, -0.1) is 0 Å². The lowest BCUT2D eigenvalue weighted by Gasteiger charge is -2.17. The number of hydrogen-bond acceptors (Lipinski definition) is 10. The quantitative estimate of drug-likeness (QED) is 0.314. The maximum absolute atomic E-state index is 10.9. The fraction of sp³-hybridized carbons (Fsp3) is 0.0833. The van der Waals surface area contributed by atoms with E-state index in [0.717, 1.165) is 5.56 Å². The van der Waals surface area contributed by atoms with E-state index >= 15 is 0 Å². The predicted octanol–water partition coefficient (Wildman–Crippen LogP) is 5.76. The van der Waals surface area contributed by atoms with Crippen LogP contribution in [0.25, 0.3) is 0 Å². The Morgan fingerprint density at radius 1 is 0.588 bits per heavy atom. The van der Waals surface area contributed by atoms with E-state index in [1.165, 1.54) is 60.7 Å². The molecule has 10 heteroatoms. The average Bonchev–Trinajstić information content (AvgIpc) is 2.82. The van der Waals surface area contributed by atoms with Gasteiger partial charge in [0.15, 0.2) is 11.5 Å². The summed E-state index contributed by atoms with van der Waals surface area (Å²) >= 11 is 0. The van der Waals surface area contributed by atoms with Gasteiger partial charge in [-0.05, 0) is 61.9 Å². The Morgan fingerprint density at radius 3 is 1.56 bits per heavy atom. The summed E-state index contributed by atoms with van der Waals surface area (Å²) in [7, 11) is 0. The summed E-state index contributed by atoms with van der Waals surface area (Å²) in [6.07, 6.45) is 5.71. The molecule has 0 bridgehead atoms. The molecule has 0 aliphatic carbocycles. The van der Waals surface area contributed by atoms with Crippen molar-refractivity contribution in [3.63, 3.8) is 0 Å². The van der Waals surface area contributed by atoms with Crippen LogP contribution in [0, 0.1) is 13.8 Å². The van der Waals surface area contributed by atoms with Crippen LogP contribution in [-0.2, 0) is 19.2 Å². The molecule has 166 valence electrons. The van der Waals surface area contributed by atoms with E-state index in [4.69, 9.17) is 9.47 Å². The van der Waals surface area contributed by atoms with Gasteiger partial charge < -0.3 is 9.47 Å². The molecule has 3 aromatic rings. The van der Waals surface area contributed by atoms with Crippen LogP contribution in [0.4, 0.5) is 22.7 Å². The number of ether oxygens (including phenoxy) is 2. The molecule has 0 aromatic heterocycles. The summed E-state index contributed by atoms with van der Waals surface area (Å²) in [6, 6.07) is 12.2. The maximum Gasteiger partial charge on any atom is 0.240 e. The zero-order valence-electron chi connectivity index (χ0n) is 17.9. The van der Waals surface area contributed by atoms with Crippen molar-refractivity contribution in [1.29, 1.82) is 0 Å². The molecule has 10 nitrogen and oxygen atoms in total. The third kappa shape index (κ3) is 5.33. The molecule has 0 heterocycles. The van der Waals surface area contributed by atoms with E-state index in [0.29, 0.717) is 17.1 Å². The van der Waals surface area contributed by atoms with E-state index in [2.05, 4.69) is 20.0 Å². The summed E-state index contributed by atoms with van der Waals surface area (Å²) in [5, 5.41) is 0. The van der Waals surface area contributed by atoms with Gasteiger partial charge in [-0.2, -0.15) is 20.0 Å². The average molecular weight is 454 g/mol. The normalized spacial score (nSPS) is 9.47. The van der Waals surface area contributed by atoms with Crippen molar-refractivity contribution < 1.29 is 28.7 Å². The smallest absolute Gasteiger partial charge is 0.240 e. The Morgan fingerprint density at radius 2 is 1.06 bits per heavy atom. The Bertz CT molecular complexity index is 1460. The highest BCUT2D eigenvalue weighted by atomic mass is 16.5. The van der Waals surface area contributed by atoms with Crippen LogP contribution in [0.1, 0.15) is 11.1 Å². The van der Waals surface area contributed by atoms with Gasteiger partial charge >= 0.3 is 0 Å². The van der Waals surface area contributed by atoms with E-state index in [1.54, 1.807) is 19.1 Å². The highest BCUT2D eigenvalue weighted by molar-refractivity contribution is 5.68. The molecule has 3 aromatic carbocycles. The first kappa shape index (κ1) is 23.4. The summed E-state index contributed by atoms with van der Waals surface area (Å²) in [5.41, 5.74) is 2.06. The molecule has 0 fully saturated rings. The van der Waals surface area contributed by atoms with Crippen LogP contribution in [0.2, 0.25) is 0 Å². The summed E-state index contributed by atoms with van der Waals surface area (Å²) in [6.45, 7) is 3.56. The van der Waals surface area contributed by atoms with Gasteiger partial charge in [-0.1, -0.05) is 6.07 Å². The van der Waals surface area contributed by atoms with Gasteiger partial charge in [-0.3, -0.25) is 0 Å². The number of aliphatic imine (C=N–C) groups is 4. The van der Waals surface area contributed by atoms with Crippen LogP contribution in [0.15, 0.2) is 68.5 Å². The van der Waals surface area contributed by atoms with Gasteiger partial charge in [0, 0.05) is 5.56 Å². The van der Waals surface area contributed by atoms with E-state index < -0.39 is 0 Å². The zero-order chi connectivity index (χ0) is 24.5. The van der Waals surface area contributed by atoms with Crippen LogP contribution < -0.4 is 9.47 Å². The predicted molar refractivity (Wildman–Crippen MR) is 120 cm³/mol. The van der Waals surface area contributed by atoms with E-state index in [-0.39, 0.29) is 34.2 Å². The second-order valence-electron chi connectivity index (χ2n) is 6.66. The van der Waals surface area contributed by atoms with Gasteiger partial charge in [0.25, 0.3) is 0 Å². The minimum atomic E-state index is 0.114. The number of rotatable bonds is 8. The molecule has 0 atom stereocenters. The lowest BCUT2D eigenvalue weighted by atomic mass is 10.1. The maximum atomic E-state index is 10.9. The first-order chi connectivity index (χ1) is 16.5. The number of nitrogens with zero attached hydrogens (tertiary/aromatic N) is 4. The van der Waals surface area contributed by atoms with Crippen LogP contribution >= 0.6 is 0 Å². The molecule has 34 heavy (non-hydrogen) atoms. The van der Waals surface area contributed by atoms with Gasteiger partial charge in [0.2, 0.25) is 24.3 Å². The molecule has 3 rings (SSSR count). The molecular formula is C24H14N4O6. The van der Waals surface area contributed by atoms with E-state index in [9.17, 15) is 19.2 Å². The molecule has 0 saturated heterocycles. The third-order valence-electron chi connectivity index (χ3n) is 4.55. The Kier molecular flexibility index (Phi) is 7.51. The van der Waals surface area contributed by atoms with Crippen molar-refractivity contribution in [2.24, 2.45) is 20.0 Å². The van der Waals surface area contributed by atoms with Crippen LogP contribution in [0.5, 0.6) is 23.0 Å². The molecule has 0 unspecified atom stereocenters. The molecule has 0 amide bonds. The topological polar surface area (TPSA) is 136 Å². The van der Waals surface area contributed by atoms with E-state index in [1.807, 2.05) is 6.92 Å². The number of carbonyl (C=O) groups excluding carboxylic acids is 4. The monoisotopic (exact) mass is 454 g/mol. The molecule has 0 N–H and O–H groups in total. The number of benzene rings is 3. The lowest BCUT2D eigenvalue weighted by molar-refractivity contribution is 0.452. The van der Waals surface area contributed by atoms with Gasteiger partial charge in [0.05, 0.1) is 11.4 Å². The Balaban J connectivity index is 2.03.